The molecule has 1 saturated heterocycles. The Morgan fingerprint density at radius 2 is 2.04 bits per heavy atom. The third-order valence-electron chi connectivity index (χ3n) is 4.49. The quantitative estimate of drug-likeness (QED) is 0.658. The van der Waals surface area contributed by atoms with Gasteiger partial charge < -0.3 is 4.42 Å². The van der Waals surface area contributed by atoms with E-state index in [4.69, 9.17) is 16.0 Å². The van der Waals surface area contributed by atoms with Crippen LogP contribution in [0.4, 0.5) is 0 Å². The van der Waals surface area contributed by atoms with Crippen LogP contribution in [0.25, 0.3) is 11.5 Å². The minimum absolute atomic E-state index is 0.161. The van der Waals surface area contributed by atoms with Crippen LogP contribution in [0, 0.1) is 0 Å². The van der Waals surface area contributed by atoms with E-state index >= 15 is 0 Å². The Labute approximate surface area is 162 Å². The lowest BCUT2D eigenvalue weighted by molar-refractivity contribution is 0.220. The second-order valence-electron chi connectivity index (χ2n) is 6.27. The Balaban J connectivity index is 1.68. The fourth-order valence-electron chi connectivity index (χ4n) is 3.18. The van der Waals surface area contributed by atoms with Gasteiger partial charge in [0.15, 0.2) is 0 Å². The number of pyridine rings is 1. The first-order chi connectivity index (χ1) is 13.1. The van der Waals surface area contributed by atoms with Gasteiger partial charge in [0.05, 0.1) is 10.5 Å². The Morgan fingerprint density at radius 1 is 1.15 bits per heavy atom. The summed E-state index contributed by atoms with van der Waals surface area (Å²) in [4.78, 5) is 4.20. The molecule has 7 nitrogen and oxygen atoms in total. The molecule has 1 unspecified atom stereocenters. The lowest BCUT2D eigenvalue weighted by Gasteiger charge is -2.32. The van der Waals surface area contributed by atoms with E-state index in [1.54, 1.807) is 36.7 Å². The van der Waals surface area contributed by atoms with Gasteiger partial charge in [0, 0.05) is 24.0 Å². The van der Waals surface area contributed by atoms with Crippen LogP contribution in [-0.4, -0.2) is 34.4 Å². The molecule has 9 heteroatoms. The topological polar surface area (TPSA) is 89.2 Å². The molecule has 3 heterocycles. The molecule has 1 aliphatic rings. The summed E-state index contributed by atoms with van der Waals surface area (Å²) in [5.74, 6) is 0.614. The number of halogens is 1. The van der Waals surface area contributed by atoms with E-state index in [0.717, 1.165) is 12.8 Å². The van der Waals surface area contributed by atoms with Crippen molar-refractivity contribution in [3.8, 4) is 11.5 Å². The molecule has 0 aliphatic carbocycles. The van der Waals surface area contributed by atoms with Crippen molar-refractivity contribution in [2.75, 3.05) is 6.54 Å². The van der Waals surface area contributed by atoms with Gasteiger partial charge in [-0.15, -0.1) is 10.2 Å². The number of aromatic nitrogens is 3. The molecule has 140 valence electrons. The summed E-state index contributed by atoms with van der Waals surface area (Å²) in [5.41, 5.74) is 0.691. The second kappa shape index (κ2) is 7.38. The molecule has 27 heavy (non-hydrogen) atoms. The monoisotopic (exact) mass is 404 g/mol. The van der Waals surface area contributed by atoms with Crippen LogP contribution in [0.1, 0.15) is 31.2 Å². The summed E-state index contributed by atoms with van der Waals surface area (Å²) < 4.78 is 33.6. The highest BCUT2D eigenvalue weighted by Crippen LogP contribution is 2.36. The smallest absolute Gasteiger partial charge is 0.249 e. The Bertz CT molecular complexity index is 1040. The van der Waals surface area contributed by atoms with Gasteiger partial charge in [-0.1, -0.05) is 24.1 Å². The average molecular weight is 405 g/mol. The maximum atomic E-state index is 13.2. The van der Waals surface area contributed by atoms with Gasteiger partial charge in [0.2, 0.25) is 21.8 Å². The molecule has 1 atom stereocenters. The standard InChI is InChI=1S/C18H17ClN4O3S/c19-14-6-3-7-15(11-14)27(24,25)23-10-2-1-8-16(23)18-22-21-17(26-18)13-5-4-9-20-12-13/h3-7,9,11-12,16H,1-2,8,10H2. The largest absolute Gasteiger partial charge is 0.419 e. The third-order valence-corrected chi connectivity index (χ3v) is 6.63. The molecule has 0 bridgehead atoms. The molecule has 0 spiro atoms. The van der Waals surface area contributed by atoms with Crippen molar-refractivity contribution in [2.24, 2.45) is 0 Å². The molecule has 0 saturated carbocycles. The summed E-state index contributed by atoms with van der Waals surface area (Å²) in [5, 5.41) is 8.56. The van der Waals surface area contributed by atoms with Crippen molar-refractivity contribution in [1.29, 1.82) is 0 Å². The van der Waals surface area contributed by atoms with E-state index in [1.807, 2.05) is 6.07 Å². The fraction of sp³-hybridized carbons (Fsp3) is 0.278. The average Bonchev–Trinajstić information content (AvgIpc) is 3.19. The zero-order valence-corrected chi connectivity index (χ0v) is 15.9. The third kappa shape index (κ3) is 3.60. The van der Waals surface area contributed by atoms with Gasteiger partial charge in [-0.2, -0.15) is 4.31 Å². The molecule has 0 N–H and O–H groups in total. The number of hydrogen-bond acceptors (Lipinski definition) is 6. The predicted molar refractivity (Wildman–Crippen MR) is 99.5 cm³/mol. The lowest BCUT2D eigenvalue weighted by atomic mass is 10.1. The number of hydrogen-bond donors (Lipinski definition) is 0. The SMILES string of the molecule is O=S(=O)(c1cccc(Cl)c1)N1CCCCC1c1nnc(-c2cccnc2)o1. The second-order valence-corrected chi connectivity index (χ2v) is 8.60. The van der Waals surface area contributed by atoms with Crippen molar-refractivity contribution in [3.63, 3.8) is 0 Å². The van der Waals surface area contributed by atoms with Gasteiger partial charge in [-0.05, 0) is 43.2 Å². The summed E-state index contributed by atoms with van der Waals surface area (Å²) in [6.07, 6.45) is 5.56. The first-order valence-electron chi connectivity index (χ1n) is 8.57. The molecular formula is C18H17ClN4O3S. The van der Waals surface area contributed by atoms with E-state index < -0.39 is 16.1 Å². The zero-order chi connectivity index (χ0) is 18.9. The number of rotatable bonds is 4. The van der Waals surface area contributed by atoms with Crippen LogP contribution >= 0.6 is 11.6 Å². The van der Waals surface area contributed by atoms with Crippen LogP contribution in [-0.2, 0) is 10.0 Å². The Kier molecular flexibility index (Phi) is 4.94. The van der Waals surface area contributed by atoms with Gasteiger partial charge in [-0.25, -0.2) is 8.42 Å². The van der Waals surface area contributed by atoms with Crippen molar-refractivity contribution in [2.45, 2.75) is 30.2 Å². The summed E-state index contributed by atoms with van der Waals surface area (Å²) in [7, 11) is -3.73. The van der Waals surface area contributed by atoms with Crippen molar-refractivity contribution < 1.29 is 12.8 Å². The van der Waals surface area contributed by atoms with Gasteiger partial charge in [0.25, 0.3) is 0 Å². The maximum absolute atomic E-state index is 13.2. The molecular weight excluding hydrogens is 388 g/mol. The molecule has 1 aliphatic heterocycles. The van der Waals surface area contributed by atoms with E-state index in [0.29, 0.717) is 35.3 Å². The zero-order valence-electron chi connectivity index (χ0n) is 14.3. The molecule has 3 aromatic rings. The highest BCUT2D eigenvalue weighted by molar-refractivity contribution is 7.89. The van der Waals surface area contributed by atoms with Gasteiger partial charge in [-0.3, -0.25) is 4.98 Å². The lowest BCUT2D eigenvalue weighted by Crippen LogP contribution is -2.38. The van der Waals surface area contributed by atoms with Crippen LogP contribution in [0.15, 0.2) is 58.1 Å². The highest BCUT2D eigenvalue weighted by Gasteiger charge is 2.37. The van der Waals surface area contributed by atoms with Crippen LogP contribution in [0.3, 0.4) is 0 Å². The van der Waals surface area contributed by atoms with E-state index in [-0.39, 0.29) is 4.90 Å². The minimum atomic E-state index is -3.73. The van der Waals surface area contributed by atoms with Crippen molar-refractivity contribution in [3.05, 3.63) is 59.7 Å². The van der Waals surface area contributed by atoms with Crippen molar-refractivity contribution >= 4 is 21.6 Å². The first kappa shape index (κ1) is 18.1. The minimum Gasteiger partial charge on any atom is -0.419 e. The molecule has 1 aromatic carbocycles. The number of nitrogens with zero attached hydrogens (tertiary/aromatic N) is 4. The molecule has 0 amide bonds. The van der Waals surface area contributed by atoms with E-state index in [1.165, 1.54) is 10.4 Å². The first-order valence-corrected chi connectivity index (χ1v) is 10.4. The molecule has 4 rings (SSSR count). The number of benzene rings is 1. The Hall–Kier alpha value is -2.29. The number of piperidine rings is 1. The van der Waals surface area contributed by atoms with Crippen molar-refractivity contribution in [1.82, 2.24) is 19.5 Å². The summed E-state index contributed by atoms with van der Waals surface area (Å²) >= 11 is 5.98. The Morgan fingerprint density at radius 3 is 2.81 bits per heavy atom. The maximum Gasteiger partial charge on any atom is 0.249 e. The summed E-state index contributed by atoms with van der Waals surface area (Å²) in [6.45, 7) is 0.393. The van der Waals surface area contributed by atoms with Crippen LogP contribution < -0.4 is 0 Å². The normalized spacial score (nSPS) is 18.5. The van der Waals surface area contributed by atoms with E-state index in [2.05, 4.69) is 15.2 Å². The number of sulfonamides is 1. The van der Waals surface area contributed by atoms with Gasteiger partial charge >= 0.3 is 0 Å². The van der Waals surface area contributed by atoms with Gasteiger partial charge in [0.1, 0.15) is 6.04 Å². The molecule has 0 radical (unpaired) electrons. The fourth-order valence-corrected chi connectivity index (χ4v) is 5.13. The predicted octanol–water partition coefficient (Wildman–Crippen LogP) is 3.70. The molecule has 2 aromatic heterocycles. The van der Waals surface area contributed by atoms with E-state index in [9.17, 15) is 8.42 Å². The van der Waals surface area contributed by atoms with Crippen LogP contribution in [0.5, 0.6) is 0 Å². The van der Waals surface area contributed by atoms with Crippen LogP contribution in [0.2, 0.25) is 5.02 Å². The summed E-state index contributed by atoms with van der Waals surface area (Å²) in [6, 6.07) is 9.36. The molecule has 1 fully saturated rings. The highest BCUT2D eigenvalue weighted by atomic mass is 35.5.